The molecule has 15 aromatic rings. The van der Waals surface area contributed by atoms with Gasteiger partial charge >= 0.3 is 0 Å². The Bertz CT molecular complexity index is 5120. The highest BCUT2D eigenvalue weighted by Gasteiger charge is 2.14. The normalized spacial score (nSPS) is 10.9. The Kier molecular flexibility index (Phi) is 17.2. The zero-order valence-corrected chi connectivity index (χ0v) is 51.0. The van der Waals surface area contributed by atoms with Gasteiger partial charge < -0.3 is 46.9 Å². The standard InChI is InChI=1S/C24H21N7O.2C23H19N7O/c1-15-5-3-6-17(13-15)27-24-29-22(30-31-24)16-9-11-18(12-10-16)32-21-8-4-7-20-19(21)14-26-23(25-2)28-20;1-14-4-2-5-16(12-14)26-23-28-21(29-30-23)15-8-10-17(11-9-15)31-20-7-3-6-19-18(20)13-25-22(24)27-19;1-14-3-2-4-17(11-14)26-23-28-21(29-30-23)15-5-7-18(8-6-15)31-19-9-10-20-16(12-19)13-25-22(24)27-20/h3-14H,1-2H3,(H,25,26,28)(H2,27,29,30,31);2*2-13H,1H3,(H2,24,25,27)(H2,26,28,29,30). The molecule has 0 aliphatic rings. The van der Waals surface area contributed by atoms with Gasteiger partial charge in [0.2, 0.25) is 35.7 Å². The van der Waals surface area contributed by atoms with Crippen LogP contribution in [-0.4, -0.2) is 82.5 Å². The summed E-state index contributed by atoms with van der Waals surface area (Å²) in [6.45, 7) is 6.13. The number of fused-ring (bicyclic) bond motifs is 3. The van der Waals surface area contributed by atoms with Crippen molar-refractivity contribution < 1.29 is 14.2 Å². The first kappa shape index (κ1) is 59.6. The summed E-state index contributed by atoms with van der Waals surface area (Å²) >= 11 is 0. The molecule has 0 radical (unpaired) electrons. The number of nitrogen functional groups attached to an aromatic ring is 2. The fourth-order valence-electron chi connectivity index (χ4n) is 9.79. The molecule has 0 amide bonds. The van der Waals surface area contributed by atoms with E-state index in [1.807, 2.05) is 221 Å². The van der Waals surface area contributed by atoms with Crippen molar-refractivity contribution >= 4 is 85.5 Å². The molecule has 462 valence electrons. The molecule has 0 aliphatic heterocycles. The van der Waals surface area contributed by atoms with E-state index in [9.17, 15) is 0 Å². The number of H-pyrrole nitrogens is 3. The fraction of sp³-hybridized carbons (Fsp3) is 0.0571. The quantitative estimate of drug-likeness (QED) is 0.0434. The minimum atomic E-state index is 0.234. The van der Waals surface area contributed by atoms with Gasteiger partial charge in [0.15, 0.2) is 17.5 Å². The highest BCUT2D eigenvalue weighted by molar-refractivity contribution is 5.86. The number of nitrogens with two attached hydrogens (primary N) is 2. The predicted molar refractivity (Wildman–Crippen MR) is 366 cm³/mol. The highest BCUT2D eigenvalue weighted by Crippen LogP contribution is 2.34. The third kappa shape index (κ3) is 14.7. The Morgan fingerprint density at radius 2 is 0.745 bits per heavy atom. The number of nitrogens with zero attached hydrogens (tertiary/aromatic N) is 12. The van der Waals surface area contributed by atoms with E-state index < -0.39 is 0 Å². The number of hydrogen-bond donors (Lipinski definition) is 9. The minimum absolute atomic E-state index is 0.234. The summed E-state index contributed by atoms with van der Waals surface area (Å²) in [6.07, 6.45) is 5.10. The number of ether oxygens (including phenoxy) is 3. The summed E-state index contributed by atoms with van der Waals surface area (Å²) in [5, 5.41) is 36.7. The summed E-state index contributed by atoms with van der Waals surface area (Å²) in [5.74, 6) is 8.75. The molecule has 6 heterocycles. The largest absolute Gasteiger partial charge is 0.457 e. The van der Waals surface area contributed by atoms with Gasteiger partial charge in [0.25, 0.3) is 0 Å². The number of rotatable bonds is 16. The van der Waals surface area contributed by atoms with Crippen molar-refractivity contribution in [1.29, 1.82) is 0 Å². The number of aromatic nitrogens is 15. The van der Waals surface area contributed by atoms with Gasteiger partial charge in [0, 0.05) is 64.8 Å². The monoisotopic (exact) mass is 1240 g/mol. The van der Waals surface area contributed by atoms with Gasteiger partial charge in [-0.3, -0.25) is 15.3 Å². The van der Waals surface area contributed by atoms with E-state index in [-0.39, 0.29) is 11.9 Å². The fourth-order valence-corrected chi connectivity index (χ4v) is 9.79. The van der Waals surface area contributed by atoms with E-state index in [2.05, 4.69) is 96.7 Å². The van der Waals surface area contributed by atoms with E-state index in [4.69, 9.17) is 25.7 Å². The number of aryl methyl sites for hydroxylation is 3. The molecular weight excluding hydrogens is 1180 g/mol. The average molecular weight is 1240 g/mol. The van der Waals surface area contributed by atoms with E-state index in [0.29, 0.717) is 75.8 Å². The average Bonchev–Trinajstić information content (AvgIpc) is 1.54. The molecule has 94 heavy (non-hydrogen) atoms. The van der Waals surface area contributed by atoms with Crippen LogP contribution in [0.3, 0.4) is 0 Å². The van der Waals surface area contributed by atoms with E-state index in [1.54, 1.807) is 25.6 Å². The van der Waals surface area contributed by atoms with Gasteiger partial charge in [-0.25, -0.2) is 29.9 Å². The van der Waals surface area contributed by atoms with E-state index in [0.717, 1.165) is 72.0 Å². The van der Waals surface area contributed by atoms with Crippen LogP contribution in [0.15, 0.2) is 219 Å². The Balaban J connectivity index is 0.000000128. The van der Waals surface area contributed by atoms with Crippen LogP contribution in [0.1, 0.15) is 16.7 Å². The maximum absolute atomic E-state index is 6.09. The van der Waals surface area contributed by atoms with Gasteiger partial charge in [-0.05, 0) is 189 Å². The third-order valence-corrected chi connectivity index (χ3v) is 14.3. The summed E-state index contributed by atoms with van der Waals surface area (Å²) in [7, 11) is 1.79. The zero-order valence-electron chi connectivity index (χ0n) is 51.0. The highest BCUT2D eigenvalue weighted by atomic mass is 16.5. The van der Waals surface area contributed by atoms with Crippen molar-refractivity contribution in [3.8, 4) is 68.7 Å². The molecule has 0 saturated carbocycles. The van der Waals surface area contributed by atoms with Crippen LogP contribution in [0.25, 0.3) is 66.9 Å². The molecule has 0 atom stereocenters. The lowest BCUT2D eigenvalue weighted by Crippen LogP contribution is -1.96. The second-order valence-corrected chi connectivity index (χ2v) is 21.4. The van der Waals surface area contributed by atoms with Crippen molar-refractivity contribution in [3.63, 3.8) is 0 Å². The molecule has 0 unspecified atom stereocenters. The van der Waals surface area contributed by atoms with Crippen molar-refractivity contribution in [2.24, 2.45) is 0 Å². The maximum Gasteiger partial charge on any atom is 0.246 e. The molecule has 15 rings (SSSR count). The lowest BCUT2D eigenvalue weighted by Gasteiger charge is -2.09. The van der Waals surface area contributed by atoms with Gasteiger partial charge in [0.1, 0.15) is 34.5 Å². The maximum atomic E-state index is 6.09. The number of nitrogens with one attached hydrogen (secondary N) is 7. The molecule has 11 N–H and O–H groups in total. The summed E-state index contributed by atoms with van der Waals surface area (Å²) in [6, 6.07) is 64.0. The molecule has 24 heteroatoms. The van der Waals surface area contributed by atoms with E-state index >= 15 is 0 Å². The van der Waals surface area contributed by atoms with Gasteiger partial charge in [-0.1, -0.05) is 48.5 Å². The van der Waals surface area contributed by atoms with Crippen LogP contribution in [0.4, 0.5) is 52.8 Å². The molecule has 6 aromatic heterocycles. The molecule has 0 fully saturated rings. The van der Waals surface area contributed by atoms with Gasteiger partial charge in [0.05, 0.1) is 27.3 Å². The molecule has 24 nitrogen and oxygen atoms in total. The van der Waals surface area contributed by atoms with Gasteiger partial charge in [-0.15, -0.1) is 15.3 Å². The molecule has 0 saturated heterocycles. The second-order valence-electron chi connectivity index (χ2n) is 21.4. The summed E-state index contributed by atoms with van der Waals surface area (Å²) in [4.78, 5) is 38.8. The lowest BCUT2D eigenvalue weighted by atomic mass is 10.2. The van der Waals surface area contributed by atoms with E-state index in [1.165, 1.54) is 11.1 Å². The molecule has 0 spiro atoms. The van der Waals surface area contributed by atoms with Crippen molar-refractivity contribution in [1.82, 2.24) is 75.4 Å². The summed E-state index contributed by atoms with van der Waals surface area (Å²) < 4.78 is 18.1. The third-order valence-electron chi connectivity index (χ3n) is 14.3. The Labute approximate surface area is 537 Å². The minimum Gasteiger partial charge on any atom is -0.457 e. The van der Waals surface area contributed by atoms with Crippen molar-refractivity contribution in [2.75, 3.05) is 39.8 Å². The SMILES string of the molecule is CNc1ncc2c(Oc3ccc(-c4nc(Nc5cccc(C)c5)n[nH]4)cc3)cccc2n1.Cc1cccc(Nc2n[nH]c(-c3ccc(Oc4ccc5nc(N)ncc5c4)cc3)n2)c1.Cc1cccc(Nc2n[nH]c(-c3ccc(Oc4cccc5nc(N)ncc45)cc3)n2)c1. The first-order valence-electron chi connectivity index (χ1n) is 29.5. The Hall–Kier alpha value is -13.4. The first-order valence-corrected chi connectivity index (χ1v) is 29.5. The van der Waals surface area contributed by atoms with Crippen molar-refractivity contribution in [3.05, 3.63) is 235 Å². The molecule has 0 bridgehead atoms. The lowest BCUT2D eigenvalue weighted by molar-refractivity contribution is 0.483. The Morgan fingerprint density at radius 3 is 1.19 bits per heavy atom. The number of benzene rings is 9. The van der Waals surface area contributed by atoms with Gasteiger partial charge in [-0.2, -0.15) is 15.0 Å². The zero-order chi connectivity index (χ0) is 64.3. The number of aromatic amines is 3. The van der Waals surface area contributed by atoms with Crippen LogP contribution in [0, 0.1) is 20.8 Å². The molecular formula is C70H59N21O3. The number of hydrogen-bond acceptors (Lipinski definition) is 21. The smallest absolute Gasteiger partial charge is 0.246 e. The molecule has 9 aromatic carbocycles. The Morgan fingerprint density at radius 1 is 0.351 bits per heavy atom. The number of anilines is 9. The summed E-state index contributed by atoms with van der Waals surface area (Å²) in [5.41, 5.74) is 22.6. The van der Waals surface area contributed by atoms with Crippen LogP contribution in [0.2, 0.25) is 0 Å². The molecule has 0 aliphatic carbocycles. The van der Waals surface area contributed by atoms with Crippen LogP contribution in [0.5, 0.6) is 34.5 Å². The topological polar surface area (TPSA) is 330 Å². The van der Waals surface area contributed by atoms with Crippen LogP contribution < -0.4 is 46.9 Å². The van der Waals surface area contributed by atoms with Crippen LogP contribution in [-0.2, 0) is 0 Å². The first-order chi connectivity index (χ1) is 45.9. The predicted octanol–water partition coefficient (Wildman–Crippen LogP) is 15.0. The second kappa shape index (κ2) is 27.2. The van der Waals surface area contributed by atoms with Crippen LogP contribution >= 0.6 is 0 Å². The van der Waals surface area contributed by atoms with Crippen molar-refractivity contribution in [2.45, 2.75) is 20.8 Å².